The molecule has 0 radical (unpaired) electrons. The number of carboxylic acids is 1. The molecule has 2 rings (SSSR count). The summed E-state index contributed by atoms with van der Waals surface area (Å²) in [7, 11) is 0. The Labute approximate surface area is 119 Å². The number of aromatic carboxylic acids is 1. The number of carbonyl (C=O) groups excluding carboxylic acids is 1. The summed E-state index contributed by atoms with van der Waals surface area (Å²) in [6.45, 7) is 0. The summed E-state index contributed by atoms with van der Waals surface area (Å²) in [4.78, 5) is 25.8. The summed E-state index contributed by atoms with van der Waals surface area (Å²) in [6.07, 6.45) is -4.57. The maximum atomic E-state index is 12.5. The van der Waals surface area contributed by atoms with Crippen molar-refractivity contribution in [2.24, 2.45) is 0 Å². The highest BCUT2D eigenvalue weighted by Crippen LogP contribution is 2.31. The highest BCUT2D eigenvalue weighted by atomic mass is 32.1. The Bertz CT molecular complexity index is 696. The average molecular weight is 317 g/mol. The Morgan fingerprint density at radius 3 is 2.62 bits per heavy atom. The molecule has 0 fully saturated rings. The molecule has 0 aliphatic rings. The highest BCUT2D eigenvalue weighted by Gasteiger charge is 2.31. The largest absolute Gasteiger partial charge is 0.476 e. The lowest BCUT2D eigenvalue weighted by Crippen LogP contribution is -2.13. The van der Waals surface area contributed by atoms with Gasteiger partial charge in [0.05, 0.1) is 11.1 Å². The molecule has 0 atom stereocenters. The van der Waals surface area contributed by atoms with Crippen molar-refractivity contribution in [1.82, 2.24) is 4.98 Å². The minimum atomic E-state index is -4.57. The van der Waals surface area contributed by atoms with Crippen LogP contribution in [0.2, 0.25) is 0 Å². The summed E-state index contributed by atoms with van der Waals surface area (Å²) >= 11 is 0.726. The van der Waals surface area contributed by atoms with Crippen LogP contribution in [0.5, 0.6) is 5.75 Å². The Hall–Kier alpha value is -2.42. The Morgan fingerprint density at radius 1 is 1.29 bits per heavy atom. The van der Waals surface area contributed by atoms with Gasteiger partial charge in [-0.2, -0.15) is 13.2 Å². The van der Waals surface area contributed by atoms with Gasteiger partial charge in [0.1, 0.15) is 10.6 Å². The quantitative estimate of drug-likeness (QED) is 0.695. The molecule has 1 heterocycles. The van der Waals surface area contributed by atoms with Gasteiger partial charge in [0.15, 0.2) is 5.69 Å². The first-order valence-corrected chi connectivity index (χ1v) is 6.23. The van der Waals surface area contributed by atoms with Crippen molar-refractivity contribution in [3.05, 3.63) is 45.9 Å². The van der Waals surface area contributed by atoms with E-state index in [1.807, 2.05) is 0 Å². The molecule has 9 heteroatoms. The smallest absolute Gasteiger partial charge is 0.416 e. The molecule has 0 bridgehead atoms. The Morgan fingerprint density at radius 2 is 2.00 bits per heavy atom. The second kappa shape index (κ2) is 5.52. The molecular formula is C12H6F3NO4S. The predicted molar refractivity (Wildman–Crippen MR) is 65.5 cm³/mol. The van der Waals surface area contributed by atoms with E-state index in [0.717, 1.165) is 35.0 Å². The van der Waals surface area contributed by atoms with Crippen molar-refractivity contribution < 1.29 is 32.6 Å². The molecule has 110 valence electrons. The fraction of sp³-hybridized carbons (Fsp3) is 0.0833. The summed E-state index contributed by atoms with van der Waals surface area (Å²) in [5.41, 5.74) is -0.348. The molecule has 1 aromatic heterocycles. The number of halogens is 3. The number of rotatable bonds is 3. The number of hydrogen-bond donors (Lipinski definition) is 1. The monoisotopic (exact) mass is 317 g/mol. The predicted octanol–water partition coefficient (Wildman–Crippen LogP) is 3.08. The normalized spacial score (nSPS) is 11.2. The molecule has 0 amide bonds. The summed E-state index contributed by atoms with van der Waals surface area (Å²) in [6, 6.07) is 3.72. The number of aromatic nitrogens is 1. The molecule has 0 spiro atoms. The summed E-state index contributed by atoms with van der Waals surface area (Å²) in [5, 5.41) is 8.81. The third kappa shape index (κ3) is 3.37. The Balaban J connectivity index is 2.24. The lowest BCUT2D eigenvalue weighted by molar-refractivity contribution is -0.137. The maximum Gasteiger partial charge on any atom is 0.416 e. The van der Waals surface area contributed by atoms with Crippen LogP contribution in [0.25, 0.3) is 0 Å². The second-order valence-electron chi connectivity index (χ2n) is 3.75. The fourth-order valence-corrected chi connectivity index (χ4v) is 2.09. The minimum Gasteiger partial charge on any atom is -0.476 e. The van der Waals surface area contributed by atoms with Crippen molar-refractivity contribution in [2.75, 3.05) is 0 Å². The van der Waals surface area contributed by atoms with E-state index >= 15 is 0 Å². The van der Waals surface area contributed by atoms with Gasteiger partial charge in [-0.1, -0.05) is 6.07 Å². The fourth-order valence-electron chi connectivity index (χ4n) is 1.43. The second-order valence-corrected chi connectivity index (χ2v) is 4.61. The first-order valence-electron chi connectivity index (χ1n) is 5.35. The van der Waals surface area contributed by atoms with Gasteiger partial charge in [-0.05, 0) is 18.2 Å². The molecule has 0 saturated carbocycles. The zero-order valence-electron chi connectivity index (χ0n) is 10.0. The van der Waals surface area contributed by atoms with Crippen LogP contribution in [0.1, 0.15) is 25.7 Å². The number of thiazole rings is 1. The van der Waals surface area contributed by atoms with Gasteiger partial charge in [-0.25, -0.2) is 14.6 Å². The lowest BCUT2D eigenvalue weighted by Gasteiger charge is -2.08. The molecule has 21 heavy (non-hydrogen) atoms. The average Bonchev–Trinajstić information content (AvgIpc) is 2.87. The van der Waals surface area contributed by atoms with Crippen molar-refractivity contribution in [1.29, 1.82) is 0 Å². The van der Waals surface area contributed by atoms with Gasteiger partial charge in [0.2, 0.25) is 0 Å². The van der Waals surface area contributed by atoms with Crippen LogP contribution < -0.4 is 4.74 Å². The number of carboxylic acid groups (broad SMARTS) is 1. The van der Waals surface area contributed by atoms with Crippen LogP contribution in [0.15, 0.2) is 29.8 Å². The lowest BCUT2D eigenvalue weighted by atomic mass is 10.2. The molecule has 0 unspecified atom stereocenters. The number of esters is 1. The zero-order valence-corrected chi connectivity index (χ0v) is 10.9. The number of hydrogen-bond acceptors (Lipinski definition) is 5. The SMILES string of the molecule is O=C(O)c1ncsc1C(=O)Oc1cccc(C(F)(F)F)c1. The standard InChI is InChI=1S/C12H6F3NO4S/c13-12(14,15)6-2-1-3-7(4-6)20-11(19)9-8(10(17)18)16-5-21-9/h1-5H,(H,17,18). The van der Waals surface area contributed by atoms with E-state index in [1.165, 1.54) is 0 Å². The van der Waals surface area contributed by atoms with E-state index in [0.29, 0.717) is 6.07 Å². The van der Waals surface area contributed by atoms with Gasteiger partial charge in [0.25, 0.3) is 0 Å². The number of nitrogens with zero attached hydrogens (tertiary/aromatic N) is 1. The molecule has 1 aromatic carbocycles. The van der Waals surface area contributed by atoms with Crippen LogP contribution in [0.4, 0.5) is 13.2 Å². The van der Waals surface area contributed by atoms with Gasteiger partial charge < -0.3 is 9.84 Å². The Kier molecular flexibility index (Phi) is 3.94. The van der Waals surface area contributed by atoms with E-state index in [2.05, 4.69) is 4.98 Å². The summed E-state index contributed by atoms with van der Waals surface area (Å²) < 4.78 is 42.3. The van der Waals surface area contributed by atoms with Gasteiger partial charge >= 0.3 is 18.1 Å². The number of carbonyl (C=O) groups is 2. The van der Waals surface area contributed by atoms with Crippen LogP contribution in [0, 0.1) is 0 Å². The zero-order chi connectivity index (χ0) is 15.6. The third-order valence-corrected chi connectivity index (χ3v) is 3.13. The van der Waals surface area contributed by atoms with Crippen LogP contribution in [-0.2, 0) is 6.18 Å². The van der Waals surface area contributed by atoms with Crippen LogP contribution in [-0.4, -0.2) is 22.0 Å². The minimum absolute atomic E-state index is 0.292. The molecule has 5 nitrogen and oxygen atoms in total. The first kappa shape index (κ1) is 15.0. The molecule has 0 aliphatic heterocycles. The first-order chi connectivity index (χ1) is 9.79. The topological polar surface area (TPSA) is 76.5 Å². The molecule has 1 N–H and O–H groups in total. The van der Waals surface area contributed by atoms with E-state index in [-0.39, 0.29) is 10.6 Å². The number of ether oxygens (including phenoxy) is 1. The molecule has 0 saturated heterocycles. The maximum absolute atomic E-state index is 12.5. The van der Waals surface area contributed by atoms with Crippen molar-refractivity contribution in [2.45, 2.75) is 6.18 Å². The number of alkyl halides is 3. The van der Waals surface area contributed by atoms with Crippen LogP contribution in [0.3, 0.4) is 0 Å². The van der Waals surface area contributed by atoms with Crippen LogP contribution >= 0.6 is 11.3 Å². The van der Waals surface area contributed by atoms with Gasteiger partial charge in [-0.15, -0.1) is 11.3 Å². The van der Waals surface area contributed by atoms with Crippen molar-refractivity contribution >= 4 is 23.3 Å². The number of benzene rings is 1. The van der Waals surface area contributed by atoms with E-state index in [1.54, 1.807) is 0 Å². The van der Waals surface area contributed by atoms with E-state index in [9.17, 15) is 22.8 Å². The molecular weight excluding hydrogens is 311 g/mol. The third-order valence-electron chi connectivity index (χ3n) is 2.33. The summed E-state index contributed by atoms with van der Waals surface area (Å²) in [5.74, 6) is -2.83. The van der Waals surface area contributed by atoms with Crippen molar-refractivity contribution in [3.8, 4) is 5.75 Å². The van der Waals surface area contributed by atoms with E-state index in [4.69, 9.17) is 9.84 Å². The van der Waals surface area contributed by atoms with Crippen molar-refractivity contribution in [3.63, 3.8) is 0 Å². The highest BCUT2D eigenvalue weighted by molar-refractivity contribution is 7.12. The molecule has 0 aliphatic carbocycles. The van der Waals surface area contributed by atoms with E-state index < -0.39 is 29.4 Å². The molecule has 2 aromatic rings. The van der Waals surface area contributed by atoms with Gasteiger partial charge in [0, 0.05) is 0 Å². The van der Waals surface area contributed by atoms with Gasteiger partial charge in [-0.3, -0.25) is 0 Å².